The van der Waals surface area contributed by atoms with E-state index in [4.69, 9.17) is 0 Å². The van der Waals surface area contributed by atoms with Gasteiger partial charge in [-0.05, 0) is 0 Å². The Balaban J connectivity index is 3.02. The highest BCUT2D eigenvalue weighted by Crippen LogP contribution is 2.28. The highest BCUT2D eigenvalue weighted by Gasteiger charge is 2.21. The van der Waals surface area contributed by atoms with E-state index < -0.39 is 28.8 Å². The summed E-state index contributed by atoms with van der Waals surface area (Å²) in [5.74, 6) is -6.46. The zero-order chi connectivity index (χ0) is 9.59. The molecule has 0 aliphatic rings. The Bertz CT molecular complexity index is 437. The molecule has 0 saturated carbocycles. The van der Waals surface area contributed by atoms with Gasteiger partial charge in [0.1, 0.15) is 5.52 Å². The molecule has 2 aromatic rings. The number of fused-ring (bicyclic) bond motifs is 1. The van der Waals surface area contributed by atoms with Gasteiger partial charge in [-0.3, -0.25) is 0 Å². The summed E-state index contributed by atoms with van der Waals surface area (Å²) in [5, 5.41) is 0. The first-order chi connectivity index (χ1) is 6.13. The average molecular weight is 207 g/mol. The van der Waals surface area contributed by atoms with Gasteiger partial charge in [0.25, 0.3) is 0 Å². The molecule has 2 rings (SSSR count). The summed E-state index contributed by atoms with van der Waals surface area (Å²) in [4.78, 5) is 3.38. The largest absolute Gasteiger partial charge is 0.241 e. The molecule has 0 saturated heterocycles. The van der Waals surface area contributed by atoms with E-state index in [1.807, 2.05) is 0 Å². The van der Waals surface area contributed by atoms with Gasteiger partial charge in [0, 0.05) is 0 Å². The zero-order valence-corrected chi connectivity index (χ0v) is 6.76. The molecule has 1 aromatic carbocycles. The van der Waals surface area contributed by atoms with Crippen LogP contribution in [0.5, 0.6) is 0 Å². The third kappa shape index (κ3) is 1.02. The zero-order valence-electron chi connectivity index (χ0n) is 5.94. The molecular formula is C7HF4NS. The lowest BCUT2D eigenvalue weighted by Gasteiger charge is -1.97. The Morgan fingerprint density at radius 2 is 1.54 bits per heavy atom. The summed E-state index contributed by atoms with van der Waals surface area (Å²) >= 11 is 0.718. The molecule has 6 heteroatoms. The maximum Gasteiger partial charge on any atom is 0.199 e. The van der Waals surface area contributed by atoms with E-state index >= 15 is 0 Å². The van der Waals surface area contributed by atoms with Gasteiger partial charge in [-0.25, -0.2) is 22.5 Å². The number of benzene rings is 1. The Morgan fingerprint density at radius 3 is 2.23 bits per heavy atom. The summed E-state index contributed by atoms with van der Waals surface area (Å²) in [6, 6.07) is 0. The molecule has 1 aromatic heterocycles. The Hall–Kier alpha value is -1.17. The summed E-state index contributed by atoms with van der Waals surface area (Å²) < 4.78 is 50.5. The Morgan fingerprint density at radius 1 is 0.923 bits per heavy atom. The quantitative estimate of drug-likeness (QED) is 0.367. The third-order valence-corrected chi connectivity index (χ3v) is 2.37. The molecule has 68 valence electrons. The fraction of sp³-hybridized carbons (Fsp3) is 0. The molecule has 0 aliphatic carbocycles. The van der Waals surface area contributed by atoms with E-state index in [2.05, 4.69) is 4.98 Å². The molecule has 1 heterocycles. The van der Waals surface area contributed by atoms with Gasteiger partial charge in [0.05, 0.1) is 10.2 Å². The van der Waals surface area contributed by atoms with Crippen molar-refractivity contribution >= 4 is 21.6 Å². The summed E-state index contributed by atoms with van der Waals surface area (Å²) in [7, 11) is 0. The molecule has 0 N–H and O–H groups in total. The SMILES string of the molecule is Fc1c(F)c(F)c2scnc2c1F. The molecule has 0 radical (unpaired) electrons. The maximum atomic E-state index is 12.9. The molecule has 0 atom stereocenters. The lowest BCUT2D eigenvalue weighted by molar-refractivity contribution is 0.418. The molecule has 0 unspecified atom stereocenters. The fourth-order valence-corrected chi connectivity index (χ4v) is 1.67. The lowest BCUT2D eigenvalue weighted by Crippen LogP contribution is -1.96. The van der Waals surface area contributed by atoms with Crippen LogP contribution in [0.25, 0.3) is 10.2 Å². The minimum Gasteiger partial charge on any atom is -0.241 e. The smallest absolute Gasteiger partial charge is 0.199 e. The van der Waals surface area contributed by atoms with Crippen LogP contribution in [0.4, 0.5) is 17.6 Å². The third-order valence-electron chi connectivity index (χ3n) is 1.55. The standard InChI is InChI=1S/C7HF4NS/c8-2-3(9)5(11)7-6(4(2)10)12-1-13-7/h1H. The molecule has 0 amide bonds. The Kier molecular flexibility index (Phi) is 1.73. The highest BCUT2D eigenvalue weighted by molar-refractivity contribution is 7.16. The van der Waals surface area contributed by atoms with Crippen molar-refractivity contribution in [3.8, 4) is 0 Å². The van der Waals surface area contributed by atoms with Crippen LogP contribution < -0.4 is 0 Å². The molecular weight excluding hydrogens is 206 g/mol. The van der Waals surface area contributed by atoms with Crippen LogP contribution in [-0.4, -0.2) is 4.98 Å². The van der Waals surface area contributed by atoms with E-state index in [1.54, 1.807) is 0 Å². The van der Waals surface area contributed by atoms with E-state index in [1.165, 1.54) is 0 Å². The molecule has 0 fully saturated rings. The van der Waals surface area contributed by atoms with Crippen molar-refractivity contribution in [3.63, 3.8) is 0 Å². The van der Waals surface area contributed by atoms with E-state index in [9.17, 15) is 17.6 Å². The van der Waals surface area contributed by atoms with Crippen molar-refractivity contribution < 1.29 is 17.6 Å². The number of rotatable bonds is 0. The van der Waals surface area contributed by atoms with Crippen molar-refractivity contribution in [2.45, 2.75) is 0 Å². The van der Waals surface area contributed by atoms with E-state index in [-0.39, 0.29) is 4.70 Å². The summed E-state index contributed by atoms with van der Waals surface area (Å²) in [6.07, 6.45) is 0. The fourth-order valence-electron chi connectivity index (χ4n) is 0.955. The van der Waals surface area contributed by atoms with E-state index in [0.29, 0.717) is 0 Å². The normalized spacial score (nSPS) is 11.1. The summed E-state index contributed by atoms with van der Waals surface area (Å²) in [5.41, 5.74) is 0.650. The monoisotopic (exact) mass is 207 g/mol. The topological polar surface area (TPSA) is 12.9 Å². The van der Waals surface area contributed by atoms with Gasteiger partial charge in [0.15, 0.2) is 23.3 Å². The van der Waals surface area contributed by atoms with Gasteiger partial charge >= 0.3 is 0 Å². The first-order valence-corrected chi connectivity index (χ1v) is 4.06. The number of hydrogen-bond donors (Lipinski definition) is 0. The maximum absolute atomic E-state index is 12.9. The van der Waals surface area contributed by atoms with Crippen LogP contribution in [0.15, 0.2) is 5.51 Å². The second kappa shape index (κ2) is 2.66. The predicted octanol–water partition coefficient (Wildman–Crippen LogP) is 2.85. The number of hydrogen-bond acceptors (Lipinski definition) is 2. The van der Waals surface area contributed by atoms with Crippen LogP contribution in [0.2, 0.25) is 0 Å². The second-order valence-electron chi connectivity index (χ2n) is 2.29. The molecule has 0 aliphatic heterocycles. The minimum absolute atomic E-state index is 0.309. The number of halogens is 4. The van der Waals surface area contributed by atoms with Crippen molar-refractivity contribution in [1.29, 1.82) is 0 Å². The number of aromatic nitrogens is 1. The predicted molar refractivity (Wildman–Crippen MR) is 39.5 cm³/mol. The first-order valence-electron chi connectivity index (χ1n) is 3.18. The van der Waals surface area contributed by atoms with Crippen molar-refractivity contribution in [2.24, 2.45) is 0 Å². The second-order valence-corrected chi connectivity index (χ2v) is 3.14. The van der Waals surface area contributed by atoms with Crippen LogP contribution in [0, 0.1) is 23.3 Å². The van der Waals surface area contributed by atoms with Gasteiger partial charge < -0.3 is 0 Å². The van der Waals surface area contributed by atoms with Crippen molar-refractivity contribution in [3.05, 3.63) is 28.8 Å². The molecule has 0 spiro atoms. The van der Waals surface area contributed by atoms with Gasteiger partial charge in [-0.15, -0.1) is 11.3 Å². The van der Waals surface area contributed by atoms with Crippen molar-refractivity contribution in [2.75, 3.05) is 0 Å². The minimum atomic E-state index is -1.82. The number of nitrogens with zero attached hydrogens (tertiary/aromatic N) is 1. The van der Waals surface area contributed by atoms with E-state index in [0.717, 1.165) is 16.8 Å². The van der Waals surface area contributed by atoms with Crippen LogP contribution in [0.1, 0.15) is 0 Å². The molecule has 1 nitrogen and oxygen atoms in total. The summed E-state index contributed by atoms with van der Waals surface area (Å²) in [6.45, 7) is 0. The molecule has 0 bridgehead atoms. The van der Waals surface area contributed by atoms with Crippen LogP contribution in [0.3, 0.4) is 0 Å². The first kappa shape index (κ1) is 8.43. The highest BCUT2D eigenvalue weighted by atomic mass is 32.1. The van der Waals surface area contributed by atoms with Gasteiger partial charge in [-0.1, -0.05) is 0 Å². The van der Waals surface area contributed by atoms with Crippen molar-refractivity contribution in [1.82, 2.24) is 4.98 Å². The lowest BCUT2D eigenvalue weighted by atomic mass is 10.3. The molecule has 13 heavy (non-hydrogen) atoms. The van der Waals surface area contributed by atoms with Gasteiger partial charge in [-0.2, -0.15) is 0 Å². The average Bonchev–Trinajstić information content (AvgIpc) is 2.59. The van der Waals surface area contributed by atoms with Crippen LogP contribution in [-0.2, 0) is 0 Å². The van der Waals surface area contributed by atoms with Crippen LogP contribution >= 0.6 is 11.3 Å². The number of thiazole rings is 1. The Labute approximate surface area is 73.6 Å². The van der Waals surface area contributed by atoms with Gasteiger partial charge in [0.2, 0.25) is 0 Å².